The number of nitrogens with zero attached hydrogens (tertiary/aromatic N) is 2. The van der Waals surface area contributed by atoms with Crippen molar-refractivity contribution in [1.82, 2.24) is 14.2 Å². The van der Waals surface area contributed by atoms with Gasteiger partial charge in [0.05, 0.1) is 11.5 Å². The van der Waals surface area contributed by atoms with Crippen LogP contribution in [0.15, 0.2) is 29.2 Å². The molecular formula is C16H23N3O4S. The van der Waals surface area contributed by atoms with Crippen LogP contribution in [-0.2, 0) is 21.3 Å². The number of amides is 1. The molecule has 1 amide bonds. The zero-order chi connectivity index (χ0) is 17.9. The van der Waals surface area contributed by atoms with Crippen molar-refractivity contribution < 1.29 is 17.9 Å². The highest BCUT2D eigenvalue weighted by atomic mass is 32.2. The van der Waals surface area contributed by atoms with Crippen LogP contribution in [-0.4, -0.2) is 57.6 Å². The molecule has 0 saturated heterocycles. The van der Waals surface area contributed by atoms with E-state index >= 15 is 0 Å². The first-order chi connectivity index (χ1) is 11.3. The molecule has 0 spiro atoms. The van der Waals surface area contributed by atoms with E-state index in [2.05, 4.69) is 5.32 Å². The lowest BCUT2D eigenvalue weighted by Crippen LogP contribution is -2.28. The van der Waals surface area contributed by atoms with Crippen LogP contribution in [0.3, 0.4) is 0 Å². The molecule has 0 unspecified atom stereocenters. The lowest BCUT2D eigenvalue weighted by molar-refractivity contribution is 0.0928. The lowest BCUT2D eigenvalue weighted by Gasteiger charge is -2.11. The topological polar surface area (TPSA) is 80.6 Å². The molecule has 0 aliphatic heterocycles. The van der Waals surface area contributed by atoms with E-state index in [1.165, 1.54) is 18.4 Å². The summed E-state index contributed by atoms with van der Waals surface area (Å²) in [7, 11) is 1.04. The van der Waals surface area contributed by atoms with Gasteiger partial charge in [-0.25, -0.2) is 12.7 Å². The Morgan fingerprint density at radius 1 is 1.29 bits per heavy atom. The third-order valence-corrected chi connectivity index (χ3v) is 5.60. The van der Waals surface area contributed by atoms with E-state index in [1.54, 1.807) is 31.4 Å². The van der Waals surface area contributed by atoms with Gasteiger partial charge >= 0.3 is 0 Å². The number of aryl methyl sites for hydroxylation is 1. The van der Waals surface area contributed by atoms with Crippen LogP contribution in [0.4, 0.5) is 0 Å². The highest BCUT2D eigenvalue weighted by molar-refractivity contribution is 7.89. The molecule has 2 aromatic rings. The van der Waals surface area contributed by atoms with Gasteiger partial charge in [0.15, 0.2) is 0 Å². The number of ether oxygens (including phenoxy) is 1. The number of nitrogens with one attached hydrogen (secondary N) is 1. The zero-order valence-electron chi connectivity index (χ0n) is 14.4. The maximum Gasteiger partial charge on any atom is 0.268 e. The van der Waals surface area contributed by atoms with Crippen molar-refractivity contribution in [2.45, 2.75) is 18.4 Å². The van der Waals surface area contributed by atoms with E-state index in [9.17, 15) is 13.2 Å². The second-order valence-electron chi connectivity index (χ2n) is 5.53. The number of sulfonamides is 1. The van der Waals surface area contributed by atoms with Crippen molar-refractivity contribution in [1.29, 1.82) is 0 Å². The molecule has 1 heterocycles. The molecule has 0 aliphatic rings. The van der Waals surface area contributed by atoms with Gasteiger partial charge in [-0.2, -0.15) is 0 Å². The van der Waals surface area contributed by atoms with Gasteiger partial charge in [0.1, 0.15) is 5.69 Å². The van der Waals surface area contributed by atoms with Gasteiger partial charge in [-0.3, -0.25) is 4.79 Å². The summed E-state index contributed by atoms with van der Waals surface area (Å²) in [6, 6.07) is 6.62. The van der Waals surface area contributed by atoms with Crippen molar-refractivity contribution in [2.75, 3.05) is 34.4 Å². The fourth-order valence-corrected chi connectivity index (χ4v) is 3.44. The Balaban J connectivity index is 2.46. The number of hydrogen-bond acceptors (Lipinski definition) is 4. The fourth-order valence-electron chi connectivity index (χ4n) is 2.51. The highest BCUT2D eigenvalue weighted by Gasteiger charge is 2.20. The molecule has 0 fully saturated rings. The molecule has 7 nitrogen and oxygen atoms in total. The maximum absolute atomic E-state index is 12.3. The second-order valence-corrected chi connectivity index (χ2v) is 7.68. The van der Waals surface area contributed by atoms with Crippen LogP contribution in [0.25, 0.3) is 10.9 Å². The van der Waals surface area contributed by atoms with Crippen molar-refractivity contribution in [3.63, 3.8) is 0 Å². The molecule has 0 bridgehead atoms. The van der Waals surface area contributed by atoms with Crippen molar-refractivity contribution >= 4 is 26.8 Å². The summed E-state index contributed by atoms with van der Waals surface area (Å²) < 4.78 is 32.5. The number of benzene rings is 1. The number of carbonyl (C=O) groups is 1. The normalized spacial score (nSPS) is 12.0. The van der Waals surface area contributed by atoms with E-state index < -0.39 is 10.0 Å². The van der Waals surface area contributed by atoms with E-state index in [4.69, 9.17) is 4.74 Å². The molecule has 0 radical (unpaired) electrons. The summed E-state index contributed by atoms with van der Waals surface area (Å²) in [4.78, 5) is 12.6. The number of fused-ring (bicyclic) bond motifs is 1. The van der Waals surface area contributed by atoms with Gasteiger partial charge in [0.2, 0.25) is 10.0 Å². The standard InChI is InChI=1S/C16H23N3O4S/c1-5-19-14-7-6-13(24(21,22)18(2)3)10-12(14)11-15(19)16(20)17-8-9-23-4/h6-7,10-11H,5,8-9H2,1-4H3,(H,17,20). The molecule has 0 aliphatic carbocycles. The Bertz CT molecular complexity index is 840. The molecule has 1 aromatic heterocycles. The Hall–Kier alpha value is -1.90. The van der Waals surface area contributed by atoms with Crippen LogP contribution in [0, 0.1) is 0 Å². The number of hydrogen-bond donors (Lipinski definition) is 1. The minimum absolute atomic E-state index is 0.206. The number of carbonyl (C=O) groups excluding carboxylic acids is 1. The predicted molar refractivity (Wildman–Crippen MR) is 92.7 cm³/mol. The van der Waals surface area contributed by atoms with Gasteiger partial charge in [-0.1, -0.05) is 0 Å². The van der Waals surface area contributed by atoms with E-state index in [-0.39, 0.29) is 10.8 Å². The summed E-state index contributed by atoms with van der Waals surface area (Å²) >= 11 is 0. The number of methoxy groups -OCH3 is 1. The smallest absolute Gasteiger partial charge is 0.268 e. The summed E-state index contributed by atoms with van der Waals surface area (Å²) in [5.41, 5.74) is 1.33. The molecule has 0 saturated carbocycles. The number of aromatic nitrogens is 1. The molecule has 0 atom stereocenters. The summed E-state index contributed by atoms with van der Waals surface area (Å²) in [6.45, 7) is 3.40. The minimum atomic E-state index is -3.51. The largest absolute Gasteiger partial charge is 0.383 e. The highest BCUT2D eigenvalue weighted by Crippen LogP contribution is 2.24. The third-order valence-electron chi connectivity index (χ3n) is 3.79. The summed E-state index contributed by atoms with van der Waals surface area (Å²) in [5, 5.41) is 3.51. The van der Waals surface area contributed by atoms with Crippen LogP contribution < -0.4 is 5.32 Å². The Labute approximate surface area is 142 Å². The Morgan fingerprint density at radius 3 is 2.58 bits per heavy atom. The fraction of sp³-hybridized carbons (Fsp3) is 0.438. The Kier molecular flexibility index (Phi) is 5.63. The van der Waals surface area contributed by atoms with Gasteiger partial charge in [0, 0.05) is 45.2 Å². The Morgan fingerprint density at radius 2 is 2.00 bits per heavy atom. The van der Waals surface area contributed by atoms with Crippen LogP contribution in [0.5, 0.6) is 0 Å². The van der Waals surface area contributed by atoms with E-state index in [0.717, 1.165) is 10.9 Å². The van der Waals surface area contributed by atoms with Crippen LogP contribution in [0.2, 0.25) is 0 Å². The van der Waals surface area contributed by atoms with Crippen molar-refractivity contribution in [3.8, 4) is 0 Å². The average Bonchev–Trinajstić information content (AvgIpc) is 2.92. The van der Waals surface area contributed by atoms with Crippen molar-refractivity contribution in [2.24, 2.45) is 0 Å². The molecule has 1 N–H and O–H groups in total. The second kappa shape index (κ2) is 7.33. The number of rotatable bonds is 7. The molecule has 2 rings (SSSR count). The first-order valence-corrected chi connectivity index (χ1v) is 9.10. The SMILES string of the molecule is CCn1c(C(=O)NCCOC)cc2cc(S(=O)(=O)N(C)C)ccc21. The molecule has 8 heteroatoms. The molecular weight excluding hydrogens is 330 g/mol. The average molecular weight is 353 g/mol. The van der Waals surface area contributed by atoms with Gasteiger partial charge in [-0.05, 0) is 31.2 Å². The predicted octanol–water partition coefficient (Wildman–Crippen LogP) is 1.29. The monoisotopic (exact) mass is 353 g/mol. The van der Waals surface area contributed by atoms with Crippen LogP contribution >= 0.6 is 0 Å². The molecule has 24 heavy (non-hydrogen) atoms. The molecule has 1 aromatic carbocycles. The maximum atomic E-state index is 12.3. The van der Waals surface area contributed by atoms with Crippen molar-refractivity contribution in [3.05, 3.63) is 30.0 Å². The quantitative estimate of drug-likeness (QED) is 0.761. The lowest BCUT2D eigenvalue weighted by atomic mass is 10.2. The first-order valence-electron chi connectivity index (χ1n) is 7.65. The third kappa shape index (κ3) is 3.45. The molecule has 132 valence electrons. The van der Waals surface area contributed by atoms with Crippen LogP contribution in [0.1, 0.15) is 17.4 Å². The summed E-state index contributed by atoms with van der Waals surface area (Å²) in [5.74, 6) is -0.206. The van der Waals surface area contributed by atoms with E-state index in [1.807, 2.05) is 11.5 Å². The van der Waals surface area contributed by atoms with Gasteiger partial charge < -0.3 is 14.6 Å². The van der Waals surface area contributed by atoms with Gasteiger partial charge in [0.25, 0.3) is 5.91 Å². The first kappa shape index (κ1) is 18.4. The van der Waals surface area contributed by atoms with Gasteiger partial charge in [-0.15, -0.1) is 0 Å². The van der Waals surface area contributed by atoms with E-state index in [0.29, 0.717) is 25.4 Å². The minimum Gasteiger partial charge on any atom is -0.383 e. The zero-order valence-corrected chi connectivity index (χ0v) is 15.2. The summed E-state index contributed by atoms with van der Waals surface area (Å²) in [6.07, 6.45) is 0.